The van der Waals surface area contributed by atoms with Crippen LogP contribution in [0, 0.1) is 0 Å². The van der Waals surface area contributed by atoms with Gasteiger partial charge in [-0.3, -0.25) is 0 Å². The molecular formula is C21H22N2O6. The molecule has 0 saturated heterocycles. The minimum absolute atomic E-state index is 0.113. The molecular weight excluding hydrogens is 376 g/mol. The second kappa shape index (κ2) is 9.93. The lowest BCUT2D eigenvalue weighted by atomic mass is 10.2. The molecule has 0 bridgehead atoms. The summed E-state index contributed by atoms with van der Waals surface area (Å²) < 4.78 is 14.6. The number of anilines is 1. The normalized spacial score (nSPS) is 10.0. The van der Waals surface area contributed by atoms with Crippen LogP contribution in [-0.4, -0.2) is 36.2 Å². The van der Waals surface area contributed by atoms with E-state index < -0.39 is 5.97 Å². The minimum Gasteiger partial charge on any atom is -0.506 e. The fraction of sp³-hybridized carbons (Fsp3) is 0.190. The molecule has 2 aromatic carbocycles. The van der Waals surface area contributed by atoms with E-state index in [0.717, 1.165) is 11.9 Å². The lowest BCUT2D eigenvalue weighted by molar-refractivity contribution is 0.0591. The summed E-state index contributed by atoms with van der Waals surface area (Å²) >= 11 is 0. The number of rotatable bonds is 5. The second-order valence-corrected chi connectivity index (χ2v) is 5.87. The predicted molar refractivity (Wildman–Crippen MR) is 108 cm³/mol. The number of methoxy groups -OCH3 is 2. The van der Waals surface area contributed by atoms with Crippen LogP contribution in [0.1, 0.15) is 33.0 Å². The zero-order chi connectivity index (χ0) is 21.4. The molecule has 29 heavy (non-hydrogen) atoms. The number of oxazole rings is 1. The van der Waals surface area contributed by atoms with Crippen molar-refractivity contribution < 1.29 is 28.6 Å². The molecule has 0 aliphatic heterocycles. The molecule has 1 aromatic heterocycles. The Morgan fingerprint density at radius 3 is 2.34 bits per heavy atom. The Kier molecular flexibility index (Phi) is 7.36. The van der Waals surface area contributed by atoms with E-state index in [1.165, 1.54) is 32.4 Å². The quantitative estimate of drug-likeness (QED) is 0.290. The lowest BCUT2D eigenvalue weighted by Gasteiger charge is -2.01. The maximum atomic E-state index is 11.3. The van der Waals surface area contributed by atoms with Gasteiger partial charge in [0.1, 0.15) is 11.3 Å². The molecule has 0 aliphatic carbocycles. The molecule has 0 spiro atoms. The van der Waals surface area contributed by atoms with E-state index in [1.807, 2.05) is 6.08 Å². The zero-order valence-corrected chi connectivity index (χ0v) is 16.2. The van der Waals surface area contributed by atoms with E-state index in [0.29, 0.717) is 23.5 Å². The Labute approximate surface area is 167 Å². The summed E-state index contributed by atoms with van der Waals surface area (Å²) in [6.45, 7) is 3.65. The Balaban J connectivity index is 0.000000221. The van der Waals surface area contributed by atoms with Crippen LogP contribution in [-0.2, 0) is 15.9 Å². The highest BCUT2D eigenvalue weighted by atomic mass is 16.5. The number of carbonyl (C=O) groups excluding carboxylic acids is 2. The van der Waals surface area contributed by atoms with E-state index in [9.17, 15) is 9.59 Å². The molecule has 3 rings (SSSR count). The van der Waals surface area contributed by atoms with Crippen molar-refractivity contribution in [3.05, 3.63) is 66.1 Å². The van der Waals surface area contributed by atoms with Crippen LogP contribution in [0.25, 0.3) is 11.1 Å². The van der Waals surface area contributed by atoms with Crippen LogP contribution in [0.2, 0.25) is 0 Å². The number of fused-ring (bicyclic) bond motifs is 1. The smallest absolute Gasteiger partial charge is 0.337 e. The van der Waals surface area contributed by atoms with Crippen LogP contribution >= 0.6 is 0 Å². The number of hydrogen-bond donors (Lipinski definition) is 2. The van der Waals surface area contributed by atoms with E-state index in [1.54, 1.807) is 18.2 Å². The maximum Gasteiger partial charge on any atom is 0.337 e. The van der Waals surface area contributed by atoms with Gasteiger partial charge in [0.2, 0.25) is 0 Å². The summed E-state index contributed by atoms with van der Waals surface area (Å²) in [6.07, 6.45) is 3.34. The molecule has 8 nitrogen and oxygen atoms in total. The van der Waals surface area contributed by atoms with Gasteiger partial charge in [0.25, 0.3) is 0 Å². The molecule has 0 saturated carbocycles. The summed E-state index contributed by atoms with van der Waals surface area (Å²) in [7, 11) is 2.62. The van der Waals surface area contributed by atoms with Crippen molar-refractivity contribution in [3.63, 3.8) is 0 Å². The predicted octanol–water partition coefficient (Wildman–Crippen LogP) is 3.49. The van der Waals surface area contributed by atoms with Gasteiger partial charge < -0.3 is 24.7 Å². The SMILES string of the molecule is C=CCCc1nc2ccc(C(=O)OC)cc2o1.COC(=O)c1ccc(N)c(O)c1. The first-order valence-electron chi connectivity index (χ1n) is 8.65. The van der Waals surface area contributed by atoms with Gasteiger partial charge in [-0.1, -0.05) is 6.08 Å². The molecule has 3 aromatic rings. The monoisotopic (exact) mass is 398 g/mol. The first kappa shape index (κ1) is 21.5. The van der Waals surface area contributed by atoms with Gasteiger partial charge in [0, 0.05) is 6.42 Å². The van der Waals surface area contributed by atoms with Gasteiger partial charge in [-0.05, 0) is 42.8 Å². The van der Waals surface area contributed by atoms with E-state index >= 15 is 0 Å². The van der Waals surface area contributed by atoms with Crippen molar-refractivity contribution in [1.82, 2.24) is 4.98 Å². The molecule has 152 valence electrons. The highest BCUT2D eigenvalue weighted by Crippen LogP contribution is 2.21. The average Bonchev–Trinajstić information content (AvgIpc) is 3.15. The van der Waals surface area contributed by atoms with Crippen LogP contribution in [0.4, 0.5) is 5.69 Å². The Morgan fingerprint density at radius 2 is 1.76 bits per heavy atom. The molecule has 0 fully saturated rings. The zero-order valence-electron chi connectivity index (χ0n) is 16.2. The molecule has 3 N–H and O–H groups in total. The van der Waals surface area contributed by atoms with Gasteiger partial charge >= 0.3 is 11.9 Å². The number of hydrogen-bond acceptors (Lipinski definition) is 8. The topological polar surface area (TPSA) is 125 Å². The Hall–Kier alpha value is -3.81. The lowest BCUT2D eigenvalue weighted by Crippen LogP contribution is -2.01. The van der Waals surface area contributed by atoms with Crippen molar-refractivity contribution >= 4 is 28.7 Å². The number of aryl methyl sites for hydroxylation is 1. The largest absolute Gasteiger partial charge is 0.506 e. The molecule has 0 amide bonds. The molecule has 0 atom stereocenters. The van der Waals surface area contributed by atoms with Crippen LogP contribution in [0.15, 0.2) is 53.5 Å². The van der Waals surface area contributed by atoms with Crippen LogP contribution in [0.5, 0.6) is 5.75 Å². The summed E-state index contributed by atoms with van der Waals surface area (Å²) in [6, 6.07) is 9.27. The Bertz CT molecular complexity index is 1030. The summed E-state index contributed by atoms with van der Waals surface area (Å²) in [5.41, 5.74) is 7.66. The highest BCUT2D eigenvalue weighted by molar-refractivity contribution is 5.93. The fourth-order valence-corrected chi connectivity index (χ4v) is 2.34. The number of nitrogens with zero attached hydrogens (tertiary/aromatic N) is 1. The number of esters is 2. The number of benzene rings is 2. The Morgan fingerprint density at radius 1 is 1.14 bits per heavy atom. The van der Waals surface area contributed by atoms with E-state index in [2.05, 4.69) is 21.0 Å². The summed E-state index contributed by atoms with van der Waals surface area (Å²) in [5, 5.41) is 9.11. The van der Waals surface area contributed by atoms with Crippen molar-refractivity contribution in [1.29, 1.82) is 0 Å². The number of nitrogens with two attached hydrogens (primary N) is 1. The number of ether oxygens (including phenoxy) is 2. The first-order chi connectivity index (χ1) is 13.9. The van der Waals surface area contributed by atoms with Crippen molar-refractivity contribution in [2.45, 2.75) is 12.8 Å². The van der Waals surface area contributed by atoms with Gasteiger partial charge in [-0.2, -0.15) is 0 Å². The van der Waals surface area contributed by atoms with Crippen molar-refractivity contribution in [2.24, 2.45) is 0 Å². The van der Waals surface area contributed by atoms with Gasteiger partial charge in [-0.25, -0.2) is 14.6 Å². The third-order valence-corrected chi connectivity index (χ3v) is 3.87. The first-order valence-corrected chi connectivity index (χ1v) is 8.65. The minimum atomic E-state index is -0.495. The van der Waals surface area contributed by atoms with Gasteiger partial charge in [0.05, 0.1) is 31.0 Å². The van der Waals surface area contributed by atoms with E-state index in [-0.39, 0.29) is 23.0 Å². The van der Waals surface area contributed by atoms with E-state index in [4.69, 9.17) is 15.3 Å². The molecule has 0 aliphatic rings. The number of carbonyl (C=O) groups is 2. The average molecular weight is 398 g/mol. The van der Waals surface area contributed by atoms with Crippen LogP contribution < -0.4 is 5.73 Å². The molecule has 0 unspecified atom stereocenters. The van der Waals surface area contributed by atoms with Gasteiger partial charge in [0.15, 0.2) is 11.5 Å². The van der Waals surface area contributed by atoms with Gasteiger partial charge in [-0.15, -0.1) is 6.58 Å². The number of nitrogen functional groups attached to an aromatic ring is 1. The fourth-order valence-electron chi connectivity index (χ4n) is 2.34. The number of aromatic nitrogens is 1. The third kappa shape index (κ3) is 5.58. The number of phenolic OH excluding ortho intramolecular Hbond substituents is 1. The maximum absolute atomic E-state index is 11.3. The third-order valence-electron chi connectivity index (χ3n) is 3.87. The molecule has 0 radical (unpaired) electrons. The van der Waals surface area contributed by atoms with Crippen molar-refractivity contribution in [2.75, 3.05) is 20.0 Å². The summed E-state index contributed by atoms with van der Waals surface area (Å²) in [4.78, 5) is 26.6. The number of allylic oxidation sites excluding steroid dienone is 1. The number of phenols is 1. The van der Waals surface area contributed by atoms with Crippen LogP contribution in [0.3, 0.4) is 0 Å². The number of aromatic hydroxyl groups is 1. The van der Waals surface area contributed by atoms with Crippen molar-refractivity contribution in [3.8, 4) is 5.75 Å². The second-order valence-electron chi connectivity index (χ2n) is 5.87. The molecule has 1 heterocycles. The standard InChI is InChI=1S/C13H13NO3.C8H9NO3/c1-3-4-5-12-14-10-7-6-9(13(15)16-2)8-11(10)17-12;1-12-8(11)5-2-3-6(9)7(10)4-5/h3,6-8H,1,4-5H2,2H3;2-4,10H,9H2,1H3. The highest BCUT2D eigenvalue weighted by Gasteiger charge is 2.10. The molecule has 8 heteroatoms. The summed E-state index contributed by atoms with van der Waals surface area (Å²) in [5.74, 6) is -0.332.